The Morgan fingerprint density at radius 3 is 2.46 bits per heavy atom. The maximum absolute atomic E-state index is 12.7. The average Bonchev–Trinajstić information content (AvgIpc) is 2.88. The normalized spacial score (nSPS) is 22.7. The third-order valence-corrected chi connectivity index (χ3v) is 10.8. The van der Waals surface area contributed by atoms with Gasteiger partial charge in [0.2, 0.25) is 0 Å². The first-order chi connectivity index (χ1) is 13.0. The summed E-state index contributed by atoms with van der Waals surface area (Å²) < 4.78 is 11.3. The molecular weight excluding hydrogens is 368 g/mol. The molecule has 0 aliphatic heterocycles. The van der Waals surface area contributed by atoms with Crippen LogP contribution in [0.2, 0.25) is 18.1 Å². The highest BCUT2D eigenvalue weighted by Crippen LogP contribution is 2.43. The zero-order chi connectivity index (χ0) is 21.4. The molecule has 1 saturated carbocycles. The van der Waals surface area contributed by atoms with Gasteiger partial charge in [0.1, 0.15) is 5.78 Å². The van der Waals surface area contributed by atoms with Crippen molar-refractivity contribution in [2.45, 2.75) is 103 Å². The number of rotatable bonds is 9. The van der Waals surface area contributed by atoms with Gasteiger partial charge in [0.15, 0.2) is 8.32 Å². The largest absolute Gasteiger partial charge is 0.469 e. The van der Waals surface area contributed by atoms with Gasteiger partial charge in [0.05, 0.1) is 13.2 Å². The quantitative estimate of drug-likeness (QED) is 0.218. The fourth-order valence-electron chi connectivity index (χ4n) is 3.47. The third kappa shape index (κ3) is 7.37. The molecule has 4 nitrogen and oxygen atoms in total. The summed E-state index contributed by atoms with van der Waals surface area (Å²) in [6, 6.07) is 0. The summed E-state index contributed by atoms with van der Waals surface area (Å²) in [7, 11) is -0.504. The number of hydrogen-bond acceptors (Lipinski definition) is 4. The van der Waals surface area contributed by atoms with Crippen LogP contribution in [0.4, 0.5) is 0 Å². The van der Waals surface area contributed by atoms with Crippen LogP contribution in [-0.4, -0.2) is 33.3 Å². The van der Waals surface area contributed by atoms with Crippen molar-refractivity contribution >= 4 is 20.1 Å². The fourth-order valence-corrected chi connectivity index (χ4v) is 4.84. The van der Waals surface area contributed by atoms with Crippen LogP contribution in [0.25, 0.3) is 0 Å². The lowest BCUT2D eigenvalue weighted by Gasteiger charge is -2.40. The number of esters is 1. The third-order valence-electron chi connectivity index (χ3n) is 6.31. The zero-order valence-electron chi connectivity index (χ0n) is 19.0. The van der Waals surface area contributed by atoms with Gasteiger partial charge in [-0.3, -0.25) is 9.59 Å². The van der Waals surface area contributed by atoms with Crippen molar-refractivity contribution in [2.24, 2.45) is 11.8 Å². The highest BCUT2D eigenvalue weighted by atomic mass is 28.4. The molecule has 0 saturated heterocycles. The SMILES string of the molecule is CCCC[C@H]1[C@H](O[Si](C)(C)C(C)(C)C)CC(=O)[C@@H]1CC#CCCCC(=O)OC. The molecule has 1 aliphatic rings. The predicted molar refractivity (Wildman–Crippen MR) is 116 cm³/mol. The Balaban J connectivity index is 2.74. The van der Waals surface area contributed by atoms with Crippen molar-refractivity contribution in [1.29, 1.82) is 0 Å². The Bertz CT molecular complexity index is 580. The van der Waals surface area contributed by atoms with Crippen molar-refractivity contribution in [2.75, 3.05) is 7.11 Å². The Labute approximate surface area is 173 Å². The first-order valence-corrected chi connectivity index (χ1v) is 13.7. The molecule has 0 bridgehead atoms. The molecule has 160 valence electrons. The number of carbonyl (C=O) groups is 2. The van der Waals surface area contributed by atoms with Crippen LogP contribution in [0.1, 0.15) is 79.1 Å². The summed E-state index contributed by atoms with van der Waals surface area (Å²) in [5.74, 6) is 6.73. The molecule has 1 rings (SSSR count). The zero-order valence-corrected chi connectivity index (χ0v) is 20.0. The highest BCUT2D eigenvalue weighted by Gasteiger charge is 2.47. The van der Waals surface area contributed by atoms with Crippen molar-refractivity contribution in [3.8, 4) is 11.8 Å². The smallest absolute Gasteiger partial charge is 0.305 e. The van der Waals surface area contributed by atoms with Crippen LogP contribution in [0.3, 0.4) is 0 Å². The molecule has 1 fully saturated rings. The molecule has 0 aromatic rings. The maximum atomic E-state index is 12.7. The summed E-state index contributed by atoms with van der Waals surface area (Å²) in [5, 5.41) is 0.142. The van der Waals surface area contributed by atoms with E-state index in [9.17, 15) is 9.59 Å². The van der Waals surface area contributed by atoms with E-state index in [-0.39, 0.29) is 28.9 Å². The number of carbonyl (C=O) groups excluding carboxylic acids is 2. The Hall–Kier alpha value is -1.12. The molecule has 3 atom stereocenters. The lowest BCUT2D eigenvalue weighted by atomic mass is 9.87. The fraction of sp³-hybridized carbons (Fsp3) is 0.826. The van der Waals surface area contributed by atoms with Crippen LogP contribution in [0.5, 0.6) is 0 Å². The van der Waals surface area contributed by atoms with Crippen LogP contribution >= 0.6 is 0 Å². The summed E-state index contributed by atoms with van der Waals surface area (Å²) in [5.41, 5.74) is 0. The second-order valence-electron chi connectivity index (χ2n) is 9.49. The maximum Gasteiger partial charge on any atom is 0.305 e. The second-order valence-corrected chi connectivity index (χ2v) is 14.2. The standard InChI is InChI=1S/C23H40O4Si/c1-8-9-14-19-18(15-12-10-11-13-16-22(25)26-5)20(24)17-21(19)27-28(6,7)23(2,3)4/h18-19,21H,8-9,11,13-17H2,1-7H3/t18-,19-,21-/m1/s1. The number of unbranched alkanes of at least 4 members (excludes halogenated alkanes) is 2. The average molecular weight is 409 g/mol. The van der Waals surface area contributed by atoms with E-state index < -0.39 is 8.32 Å². The van der Waals surface area contributed by atoms with Crippen LogP contribution in [0, 0.1) is 23.7 Å². The molecule has 0 spiro atoms. The minimum atomic E-state index is -1.91. The van der Waals surface area contributed by atoms with Crippen molar-refractivity contribution in [3.63, 3.8) is 0 Å². The number of ketones is 1. The van der Waals surface area contributed by atoms with Gasteiger partial charge in [-0.25, -0.2) is 0 Å². The van der Waals surface area contributed by atoms with Gasteiger partial charge in [-0.2, -0.15) is 0 Å². The molecular formula is C23H40O4Si. The summed E-state index contributed by atoms with van der Waals surface area (Å²) in [6.45, 7) is 13.5. The van der Waals surface area contributed by atoms with Gasteiger partial charge in [-0.1, -0.05) is 40.5 Å². The van der Waals surface area contributed by atoms with E-state index in [1.807, 2.05) is 0 Å². The van der Waals surface area contributed by atoms with E-state index in [2.05, 4.69) is 57.4 Å². The van der Waals surface area contributed by atoms with Crippen molar-refractivity contribution < 1.29 is 18.8 Å². The lowest BCUT2D eigenvalue weighted by Crippen LogP contribution is -2.45. The van der Waals surface area contributed by atoms with Gasteiger partial charge in [0.25, 0.3) is 0 Å². The molecule has 0 radical (unpaired) electrons. The number of methoxy groups -OCH3 is 1. The van der Waals surface area contributed by atoms with Crippen molar-refractivity contribution in [1.82, 2.24) is 0 Å². The summed E-state index contributed by atoms with van der Waals surface area (Å²) in [4.78, 5) is 23.9. The van der Waals surface area contributed by atoms with Crippen LogP contribution < -0.4 is 0 Å². The minimum absolute atomic E-state index is 0.00516. The molecule has 5 heteroatoms. The van der Waals surface area contributed by atoms with Gasteiger partial charge >= 0.3 is 5.97 Å². The monoisotopic (exact) mass is 408 g/mol. The van der Waals surface area contributed by atoms with Gasteiger partial charge in [0, 0.05) is 31.6 Å². The predicted octanol–water partition coefficient (Wildman–Crippen LogP) is 5.51. The van der Waals surface area contributed by atoms with Crippen LogP contribution in [0.15, 0.2) is 0 Å². The molecule has 0 heterocycles. The van der Waals surface area contributed by atoms with E-state index in [1.165, 1.54) is 7.11 Å². The first kappa shape index (κ1) is 24.9. The molecule has 0 unspecified atom stereocenters. The van der Waals surface area contributed by atoms with E-state index in [4.69, 9.17) is 4.43 Å². The Morgan fingerprint density at radius 2 is 1.89 bits per heavy atom. The molecule has 0 N–H and O–H groups in total. The minimum Gasteiger partial charge on any atom is -0.469 e. The van der Waals surface area contributed by atoms with Gasteiger partial charge in [-0.05, 0) is 36.9 Å². The molecule has 0 amide bonds. The highest BCUT2D eigenvalue weighted by molar-refractivity contribution is 6.74. The van der Waals surface area contributed by atoms with E-state index in [1.54, 1.807) is 0 Å². The molecule has 1 aliphatic carbocycles. The van der Waals surface area contributed by atoms with E-state index in [0.29, 0.717) is 37.9 Å². The van der Waals surface area contributed by atoms with E-state index >= 15 is 0 Å². The molecule has 0 aromatic carbocycles. The summed E-state index contributed by atoms with van der Waals surface area (Å²) >= 11 is 0. The van der Waals surface area contributed by atoms with Gasteiger partial charge < -0.3 is 9.16 Å². The second kappa shape index (κ2) is 11.2. The van der Waals surface area contributed by atoms with Gasteiger partial charge in [-0.15, -0.1) is 11.8 Å². The molecule has 0 aromatic heterocycles. The summed E-state index contributed by atoms with van der Waals surface area (Å²) in [6.07, 6.45) is 6.26. The Kier molecular flexibility index (Phi) is 9.93. The number of hydrogen-bond donors (Lipinski definition) is 0. The lowest BCUT2D eigenvalue weighted by molar-refractivity contribution is -0.140. The molecule has 28 heavy (non-hydrogen) atoms. The topological polar surface area (TPSA) is 52.6 Å². The van der Waals surface area contributed by atoms with Crippen molar-refractivity contribution in [3.05, 3.63) is 0 Å². The first-order valence-electron chi connectivity index (χ1n) is 10.8. The van der Waals surface area contributed by atoms with E-state index in [0.717, 1.165) is 19.3 Å². The number of ether oxygens (including phenoxy) is 1. The number of Topliss-reactive ketones (excluding diaryl/α,β-unsaturated/α-hetero) is 1. The Morgan fingerprint density at radius 1 is 1.21 bits per heavy atom. The van der Waals surface area contributed by atoms with Crippen LogP contribution in [-0.2, 0) is 18.8 Å².